The van der Waals surface area contributed by atoms with Gasteiger partial charge in [-0.15, -0.1) is 6.58 Å². The van der Waals surface area contributed by atoms with Gasteiger partial charge in [0.1, 0.15) is 6.04 Å². The molecule has 154 valence electrons. The second kappa shape index (κ2) is 9.59. The Kier molecular flexibility index (Phi) is 7.66. The maximum atomic E-state index is 13.4. The molecular weight excluding hydrogens is 452 g/mol. The van der Waals surface area contributed by atoms with Gasteiger partial charge in [0.05, 0.1) is 5.69 Å². The number of amides is 2. The molecule has 0 aliphatic rings. The Labute approximate surface area is 186 Å². The van der Waals surface area contributed by atoms with E-state index < -0.39 is 11.6 Å². The summed E-state index contributed by atoms with van der Waals surface area (Å²) in [6.45, 7) is 11.3. The molecule has 0 saturated heterocycles. The molecular formula is C23H26BrClN2O2. The number of carbonyl (C=O) groups is 2. The minimum atomic E-state index is -0.936. The lowest BCUT2D eigenvalue weighted by atomic mass is 10.00. The second-order valence-electron chi connectivity index (χ2n) is 7.87. The minimum Gasteiger partial charge on any atom is -0.349 e. The zero-order chi connectivity index (χ0) is 21.8. The lowest BCUT2D eigenvalue weighted by molar-refractivity contribution is -0.127. The topological polar surface area (TPSA) is 49.4 Å². The number of anilines is 1. The summed E-state index contributed by atoms with van der Waals surface area (Å²) < 4.78 is 0.718. The Morgan fingerprint density at radius 2 is 1.90 bits per heavy atom. The summed E-state index contributed by atoms with van der Waals surface area (Å²) >= 11 is 10.0. The Balaban J connectivity index is 2.72. The van der Waals surface area contributed by atoms with Gasteiger partial charge in [-0.2, -0.15) is 0 Å². The first-order valence-electron chi connectivity index (χ1n) is 9.30. The van der Waals surface area contributed by atoms with Gasteiger partial charge in [0.25, 0.3) is 0 Å². The van der Waals surface area contributed by atoms with Crippen LogP contribution in [-0.2, 0) is 9.59 Å². The molecule has 1 atom stereocenters. The van der Waals surface area contributed by atoms with Crippen molar-refractivity contribution in [2.24, 2.45) is 0 Å². The fraction of sp³-hybridized carbons (Fsp3) is 0.304. The molecule has 4 nitrogen and oxygen atoms in total. The zero-order valence-electron chi connectivity index (χ0n) is 17.1. The van der Waals surface area contributed by atoms with E-state index in [0.717, 1.165) is 10.0 Å². The molecule has 0 radical (unpaired) electrons. The van der Waals surface area contributed by atoms with Crippen molar-refractivity contribution in [3.8, 4) is 0 Å². The number of aryl methyl sites for hydroxylation is 1. The highest BCUT2D eigenvalue weighted by atomic mass is 79.9. The van der Waals surface area contributed by atoms with Gasteiger partial charge in [-0.3, -0.25) is 14.5 Å². The summed E-state index contributed by atoms with van der Waals surface area (Å²) in [6, 6.07) is 11.8. The second-order valence-corrected chi connectivity index (χ2v) is 9.14. The number of nitrogens with one attached hydrogen (secondary N) is 1. The molecule has 0 heterocycles. The maximum absolute atomic E-state index is 13.4. The van der Waals surface area contributed by atoms with E-state index >= 15 is 0 Å². The minimum absolute atomic E-state index is 0.0874. The zero-order valence-corrected chi connectivity index (χ0v) is 19.5. The van der Waals surface area contributed by atoms with E-state index in [-0.39, 0.29) is 18.2 Å². The van der Waals surface area contributed by atoms with Gasteiger partial charge >= 0.3 is 0 Å². The van der Waals surface area contributed by atoms with Crippen LogP contribution in [0.3, 0.4) is 0 Å². The fourth-order valence-electron chi connectivity index (χ4n) is 2.98. The van der Waals surface area contributed by atoms with Crippen molar-refractivity contribution in [3.05, 3.63) is 75.7 Å². The summed E-state index contributed by atoms with van der Waals surface area (Å²) in [5.41, 5.74) is 1.70. The van der Waals surface area contributed by atoms with Crippen molar-refractivity contribution in [1.82, 2.24) is 5.32 Å². The van der Waals surface area contributed by atoms with Crippen LogP contribution in [0.1, 0.15) is 44.4 Å². The molecule has 6 heteroatoms. The predicted octanol–water partition coefficient (Wildman–Crippen LogP) is 5.98. The number of halogens is 2. The molecule has 2 aromatic rings. The molecule has 0 aliphatic heterocycles. The van der Waals surface area contributed by atoms with Crippen LogP contribution in [-0.4, -0.2) is 17.4 Å². The molecule has 1 unspecified atom stereocenters. The third-order valence-corrected chi connectivity index (χ3v) is 5.13. The third kappa shape index (κ3) is 5.94. The standard InChI is InChI=1S/C23H26BrClN2O2/c1-6-9-20(28)27(19-13-12-15(2)14-17(19)24)21(22(29)26-23(3,4)5)16-10-7-8-11-18(16)25/h6-8,10-14,21H,1,9H2,2-5H3,(H,26,29). The molecule has 2 amide bonds. The van der Waals surface area contributed by atoms with Gasteiger partial charge < -0.3 is 5.32 Å². The first-order chi connectivity index (χ1) is 13.5. The van der Waals surface area contributed by atoms with E-state index in [1.165, 1.54) is 11.0 Å². The van der Waals surface area contributed by atoms with Gasteiger partial charge in [0.15, 0.2) is 0 Å². The SMILES string of the molecule is C=CCC(=O)N(c1ccc(C)cc1Br)C(C(=O)NC(C)(C)C)c1ccccc1Cl. The van der Waals surface area contributed by atoms with Gasteiger partial charge in [0.2, 0.25) is 11.8 Å². The highest BCUT2D eigenvalue weighted by Crippen LogP contribution is 2.37. The molecule has 0 saturated carbocycles. The van der Waals surface area contributed by atoms with Crippen LogP contribution in [0.25, 0.3) is 0 Å². The predicted molar refractivity (Wildman–Crippen MR) is 123 cm³/mol. The van der Waals surface area contributed by atoms with Gasteiger partial charge in [-0.25, -0.2) is 0 Å². The van der Waals surface area contributed by atoms with Gasteiger partial charge in [-0.05, 0) is 67.4 Å². The van der Waals surface area contributed by atoms with Crippen molar-refractivity contribution in [2.45, 2.75) is 45.7 Å². The Morgan fingerprint density at radius 3 is 2.45 bits per heavy atom. The Hall–Kier alpha value is -2.11. The number of carbonyl (C=O) groups excluding carboxylic acids is 2. The first kappa shape index (κ1) is 23.2. The van der Waals surface area contributed by atoms with Crippen LogP contribution < -0.4 is 10.2 Å². The summed E-state index contributed by atoms with van der Waals surface area (Å²) in [7, 11) is 0. The number of hydrogen-bond donors (Lipinski definition) is 1. The highest BCUT2D eigenvalue weighted by molar-refractivity contribution is 9.10. The van der Waals surface area contributed by atoms with Crippen LogP contribution in [0.4, 0.5) is 5.69 Å². The lowest BCUT2D eigenvalue weighted by Crippen LogP contribution is -2.49. The summed E-state index contributed by atoms with van der Waals surface area (Å²) in [5.74, 6) is -0.561. The molecule has 2 rings (SSSR count). The van der Waals surface area contributed by atoms with E-state index in [4.69, 9.17) is 11.6 Å². The average Bonchev–Trinajstić information content (AvgIpc) is 2.60. The van der Waals surface area contributed by atoms with E-state index in [1.807, 2.05) is 45.9 Å². The highest BCUT2D eigenvalue weighted by Gasteiger charge is 2.35. The molecule has 29 heavy (non-hydrogen) atoms. The number of benzene rings is 2. The number of nitrogens with zero attached hydrogens (tertiary/aromatic N) is 1. The van der Waals surface area contributed by atoms with Crippen LogP contribution in [0, 0.1) is 6.92 Å². The van der Waals surface area contributed by atoms with E-state index in [0.29, 0.717) is 16.3 Å². The van der Waals surface area contributed by atoms with Crippen molar-refractivity contribution >= 4 is 45.0 Å². The van der Waals surface area contributed by atoms with Crippen molar-refractivity contribution in [2.75, 3.05) is 4.90 Å². The van der Waals surface area contributed by atoms with Gasteiger partial charge in [-0.1, -0.05) is 41.9 Å². The average molecular weight is 478 g/mol. The number of rotatable bonds is 6. The third-order valence-electron chi connectivity index (χ3n) is 4.15. The summed E-state index contributed by atoms with van der Waals surface area (Å²) in [4.78, 5) is 28.1. The first-order valence-corrected chi connectivity index (χ1v) is 10.5. The maximum Gasteiger partial charge on any atom is 0.248 e. The smallest absolute Gasteiger partial charge is 0.248 e. The molecule has 0 spiro atoms. The van der Waals surface area contributed by atoms with Crippen molar-refractivity contribution < 1.29 is 9.59 Å². The largest absolute Gasteiger partial charge is 0.349 e. The van der Waals surface area contributed by atoms with E-state index in [1.54, 1.807) is 24.3 Å². The van der Waals surface area contributed by atoms with Crippen LogP contribution in [0.2, 0.25) is 5.02 Å². The van der Waals surface area contributed by atoms with E-state index in [2.05, 4.69) is 27.8 Å². The fourth-order valence-corrected chi connectivity index (χ4v) is 3.90. The van der Waals surface area contributed by atoms with E-state index in [9.17, 15) is 9.59 Å². The Morgan fingerprint density at radius 1 is 1.24 bits per heavy atom. The van der Waals surface area contributed by atoms with Crippen LogP contribution in [0.15, 0.2) is 59.6 Å². The van der Waals surface area contributed by atoms with Crippen molar-refractivity contribution in [3.63, 3.8) is 0 Å². The summed E-state index contributed by atoms with van der Waals surface area (Å²) in [5, 5.41) is 3.41. The van der Waals surface area contributed by atoms with Gasteiger partial charge in [0, 0.05) is 27.0 Å². The normalized spacial score (nSPS) is 12.2. The monoisotopic (exact) mass is 476 g/mol. The van der Waals surface area contributed by atoms with Crippen molar-refractivity contribution in [1.29, 1.82) is 0 Å². The Bertz CT molecular complexity index is 921. The molecule has 2 aromatic carbocycles. The molecule has 0 aromatic heterocycles. The van der Waals surface area contributed by atoms with Crippen LogP contribution >= 0.6 is 27.5 Å². The number of hydrogen-bond acceptors (Lipinski definition) is 2. The van der Waals surface area contributed by atoms with Crippen LogP contribution in [0.5, 0.6) is 0 Å². The molecule has 1 N–H and O–H groups in total. The summed E-state index contributed by atoms with van der Waals surface area (Å²) in [6.07, 6.45) is 1.62. The molecule has 0 aliphatic carbocycles. The molecule has 0 bridgehead atoms. The quantitative estimate of drug-likeness (QED) is 0.521. The lowest BCUT2D eigenvalue weighted by Gasteiger charge is -2.34. The molecule has 0 fully saturated rings.